The number of halogens is 3. The zero-order chi connectivity index (χ0) is 17.2. The quantitative estimate of drug-likeness (QED) is 0.892. The Hall–Kier alpha value is -2.25. The second-order valence-electron chi connectivity index (χ2n) is 5.59. The maximum absolute atomic E-state index is 12.4. The summed E-state index contributed by atoms with van der Waals surface area (Å²) in [6.07, 6.45) is -4.13. The molecule has 5 nitrogen and oxygen atoms in total. The van der Waals surface area contributed by atoms with Crippen molar-refractivity contribution in [2.24, 2.45) is 0 Å². The molecule has 0 spiro atoms. The van der Waals surface area contributed by atoms with Crippen LogP contribution in [0, 0.1) is 6.92 Å². The molecule has 1 heterocycles. The molecule has 1 saturated heterocycles. The van der Waals surface area contributed by atoms with E-state index >= 15 is 0 Å². The summed E-state index contributed by atoms with van der Waals surface area (Å²) in [5.41, 5.74) is 1.91. The van der Waals surface area contributed by atoms with Crippen LogP contribution < -0.4 is 10.6 Å². The molecule has 23 heavy (non-hydrogen) atoms. The van der Waals surface area contributed by atoms with Gasteiger partial charge in [-0.25, -0.2) is 0 Å². The molecule has 126 valence electrons. The number of carbonyl (C=O) groups excluding carboxylic acids is 2. The number of amides is 2. The summed E-state index contributed by atoms with van der Waals surface area (Å²) < 4.78 is 37.3. The maximum Gasteiger partial charge on any atom is 0.406 e. The molecule has 0 unspecified atom stereocenters. The zero-order valence-electron chi connectivity index (χ0n) is 12.8. The van der Waals surface area contributed by atoms with Crippen LogP contribution >= 0.6 is 0 Å². The zero-order valence-corrected chi connectivity index (χ0v) is 12.8. The highest BCUT2D eigenvalue weighted by Gasteiger charge is 2.39. The Morgan fingerprint density at radius 1 is 1.35 bits per heavy atom. The Morgan fingerprint density at radius 3 is 2.65 bits per heavy atom. The van der Waals surface area contributed by atoms with Crippen molar-refractivity contribution in [3.63, 3.8) is 0 Å². The lowest BCUT2D eigenvalue weighted by Crippen LogP contribution is -2.39. The summed E-state index contributed by atoms with van der Waals surface area (Å²) in [6.45, 7) is 2.01. The van der Waals surface area contributed by atoms with Crippen molar-refractivity contribution in [3.05, 3.63) is 23.8 Å². The van der Waals surface area contributed by atoms with E-state index in [1.807, 2.05) is 6.92 Å². The fourth-order valence-corrected chi connectivity index (χ4v) is 2.51. The van der Waals surface area contributed by atoms with Crippen LogP contribution in [-0.2, 0) is 9.59 Å². The first-order valence-electron chi connectivity index (χ1n) is 7.16. The third-order valence-corrected chi connectivity index (χ3v) is 3.48. The van der Waals surface area contributed by atoms with E-state index in [2.05, 4.69) is 10.6 Å². The van der Waals surface area contributed by atoms with Crippen molar-refractivity contribution in [1.82, 2.24) is 4.90 Å². The van der Waals surface area contributed by atoms with Gasteiger partial charge in [0.15, 0.2) is 0 Å². The lowest BCUT2D eigenvalue weighted by Gasteiger charge is -2.20. The van der Waals surface area contributed by atoms with Crippen molar-refractivity contribution < 1.29 is 22.8 Å². The van der Waals surface area contributed by atoms with Gasteiger partial charge in [-0.2, -0.15) is 13.2 Å². The van der Waals surface area contributed by atoms with Crippen molar-refractivity contribution in [3.8, 4) is 0 Å². The Bertz CT molecular complexity index is 616. The van der Waals surface area contributed by atoms with Gasteiger partial charge in [0, 0.05) is 13.5 Å². The number of hydrogen-bond donors (Lipinski definition) is 2. The summed E-state index contributed by atoms with van der Waals surface area (Å²) in [4.78, 5) is 24.1. The average molecular weight is 329 g/mol. The third-order valence-electron chi connectivity index (χ3n) is 3.48. The second-order valence-corrected chi connectivity index (χ2v) is 5.59. The minimum Gasteiger partial charge on any atom is -0.372 e. The minimum absolute atomic E-state index is 0.0529. The van der Waals surface area contributed by atoms with E-state index in [4.69, 9.17) is 0 Å². The van der Waals surface area contributed by atoms with Gasteiger partial charge in [0.05, 0.1) is 11.4 Å². The minimum atomic E-state index is -4.41. The molecule has 8 heteroatoms. The topological polar surface area (TPSA) is 61.4 Å². The van der Waals surface area contributed by atoms with E-state index in [-0.39, 0.29) is 18.9 Å². The highest BCUT2D eigenvalue weighted by atomic mass is 19.4. The molecule has 1 aromatic rings. The van der Waals surface area contributed by atoms with Crippen LogP contribution in [0.1, 0.15) is 18.9 Å². The predicted octanol–water partition coefficient (Wildman–Crippen LogP) is 2.53. The highest BCUT2D eigenvalue weighted by molar-refractivity contribution is 5.94. The molecule has 0 aromatic heterocycles. The Kier molecular flexibility index (Phi) is 4.82. The number of aryl methyl sites for hydroxylation is 1. The maximum atomic E-state index is 12.4. The Balaban J connectivity index is 2.12. The van der Waals surface area contributed by atoms with Crippen molar-refractivity contribution in [2.45, 2.75) is 32.5 Å². The lowest BCUT2D eigenvalue weighted by molar-refractivity contribution is -0.157. The predicted molar refractivity (Wildman–Crippen MR) is 80.1 cm³/mol. The third kappa shape index (κ3) is 4.61. The van der Waals surface area contributed by atoms with Gasteiger partial charge in [-0.1, -0.05) is 6.07 Å². The number of carbonyl (C=O) groups is 2. The average Bonchev–Trinajstić information content (AvgIpc) is 2.72. The largest absolute Gasteiger partial charge is 0.406 e. The van der Waals surface area contributed by atoms with Crippen LogP contribution in [0.2, 0.25) is 0 Å². The Morgan fingerprint density at radius 2 is 2.04 bits per heavy atom. The Labute approximate surface area is 131 Å². The van der Waals surface area contributed by atoms with Crippen molar-refractivity contribution in [2.75, 3.05) is 23.7 Å². The summed E-state index contributed by atoms with van der Waals surface area (Å²) in [6, 6.07) is 4.49. The number of benzene rings is 1. The van der Waals surface area contributed by atoms with Crippen LogP contribution in [0.5, 0.6) is 0 Å². The van der Waals surface area contributed by atoms with Crippen LogP contribution in [0.3, 0.4) is 0 Å². The molecule has 2 amide bonds. The number of likely N-dealkylation sites (tertiary alicyclic amines) is 1. The molecule has 0 aliphatic carbocycles. The lowest BCUT2D eigenvalue weighted by atomic mass is 10.1. The highest BCUT2D eigenvalue weighted by Crippen LogP contribution is 2.27. The van der Waals surface area contributed by atoms with Crippen LogP contribution in [0.25, 0.3) is 0 Å². The molecule has 1 aliphatic heterocycles. The fraction of sp³-hybridized carbons (Fsp3) is 0.467. The number of anilines is 2. The molecule has 1 fully saturated rings. The number of hydrogen-bond acceptors (Lipinski definition) is 3. The number of nitrogens with zero attached hydrogens (tertiary/aromatic N) is 1. The van der Waals surface area contributed by atoms with Gasteiger partial charge in [0.2, 0.25) is 11.8 Å². The van der Waals surface area contributed by atoms with E-state index in [9.17, 15) is 22.8 Å². The molecule has 1 atom stereocenters. The van der Waals surface area contributed by atoms with Crippen molar-refractivity contribution in [1.29, 1.82) is 0 Å². The molecule has 2 rings (SSSR count). The number of rotatable bonds is 4. The summed E-state index contributed by atoms with van der Waals surface area (Å²) >= 11 is 0. The van der Waals surface area contributed by atoms with E-state index in [1.165, 1.54) is 6.92 Å². The van der Waals surface area contributed by atoms with Crippen LogP contribution in [0.15, 0.2) is 18.2 Å². The molecule has 0 saturated carbocycles. The van der Waals surface area contributed by atoms with E-state index in [0.717, 1.165) is 10.5 Å². The first kappa shape index (κ1) is 17.1. The summed E-state index contributed by atoms with van der Waals surface area (Å²) in [5, 5.41) is 5.58. The molecular formula is C15H18F3N3O2. The van der Waals surface area contributed by atoms with Gasteiger partial charge in [-0.3, -0.25) is 9.59 Å². The SMILES string of the molecule is CC(=O)Nc1ccc(C)cc1N[C@H]1CCN(CC(F)(F)F)C1=O. The molecule has 0 bridgehead atoms. The smallest absolute Gasteiger partial charge is 0.372 e. The van der Waals surface area contributed by atoms with Gasteiger partial charge < -0.3 is 15.5 Å². The van der Waals surface area contributed by atoms with Gasteiger partial charge in [-0.15, -0.1) is 0 Å². The standard InChI is InChI=1S/C15H18F3N3O2/c1-9-3-4-11(19-10(2)22)13(7-9)20-12-5-6-21(14(12)23)8-15(16,17)18/h3-4,7,12,20H,5-6,8H2,1-2H3,(H,19,22)/t12-/m0/s1. The first-order chi connectivity index (χ1) is 10.7. The fourth-order valence-electron chi connectivity index (χ4n) is 2.51. The van der Waals surface area contributed by atoms with E-state index in [1.54, 1.807) is 18.2 Å². The van der Waals surface area contributed by atoms with E-state index in [0.29, 0.717) is 11.4 Å². The van der Waals surface area contributed by atoms with Gasteiger partial charge >= 0.3 is 6.18 Å². The molecular weight excluding hydrogens is 311 g/mol. The van der Waals surface area contributed by atoms with Crippen LogP contribution in [0.4, 0.5) is 24.5 Å². The van der Waals surface area contributed by atoms with E-state index < -0.39 is 24.7 Å². The number of nitrogens with one attached hydrogen (secondary N) is 2. The molecule has 0 radical (unpaired) electrons. The van der Waals surface area contributed by atoms with Gasteiger partial charge in [0.25, 0.3) is 0 Å². The van der Waals surface area contributed by atoms with Crippen molar-refractivity contribution >= 4 is 23.2 Å². The molecule has 2 N–H and O–H groups in total. The van der Waals surface area contributed by atoms with Gasteiger partial charge in [0.1, 0.15) is 12.6 Å². The molecule has 1 aromatic carbocycles. The first-order valence-corrected chi connectivity index (χ1v) is 7.16. The monoisotopic (exact) mass is 329 g/mol. The summed E-state index contributed by atoms with van der Waals surface area (Å²) in [5.74, 6) is -0.856. The second kappa shape index (κ2) is 6.47. The van der Waals surface area contributed by atoms with Gasteiger partial charge in [-0.05, 0) is 31.0 Å². The normalized spacial score (nSPS) is 18.2. The van der Waals surface area contributed by atoms with Crippen LogP contribution in [-0.4, -0.2) is 42.0 Å². The summed E-state index contributed by atoms with van der Waals surface area (Å²) in [7, 11) is 0. The molecule has 1 aliphatic rings. The number of alkyl halides is 3.